The van der Waals surface area contributed by atoms with Gasteiger partial charge in [0.05, 0.1) is 5.69 Å². The van der Waals surface area contributed by atoms with Gasteiger partial charge in [0.15, 0.2) is 11.6 Å². The number of hydrogen-bond donors (Lipinski definition) is 0. The molecule has 0 bridgehead atoms. The molecule has 0 saturated carbocycles. The first-order valence-electron chi connectivity index (χ1n) is 9.03. The molecule has 5 nitrogen and oxygen atoms in total. The van der Waals surface area contributed by atoms with Gasteiger partial charge >= 0.3 is 0 Å². The SMILES string of the molecule is CN1CCN(c2ncc3c(n2)CCN(Cc2cccc(F)c2F)C3)CC1. The minimum atomic E-state index is -0.792. The summed E-state index contributed by atoms with van der Waals surface area (Å²) in [4.78, 5) is 16.0. The molecule has 2 aliphatic heterocycles. The number of benzene rings is 1. The molecular formula is C19H23F2N5. The predicted molar refractivity (Wildman–Crippen MR) is 95.9 cm³/mol. The van der Waals surface area contributed by atoms with Gasteiger partial charge in [-0.25, -0.2) is 18.7 Å². The second kappa shape index (κ2) is 7.25. The van der Waals surface area contributed by atoms with Gasteiger partial charge in [-0.2, -0.15) is 0 Å². The smallest absolute Gasteiger partial charge is 0.225 e. The van der Waals surface area contributed by atoms with Crippen molar-refractivity contribution in [3.8, 4) is 0 Å². The van der Waals surface area contributed by atoms with Crippen molar-refractivity contribution < 1.29 is 8.78 Å². The molecule has 0 amide bonds. The van der Waals surface area contributed by atoms with E-state index < -0.39 is 11.6 Å². The molecule has 0 spiro atoms. The Hall–Kier alpha value is -2.12. The normalized spacial score (nSPS) is 18.8. The second-order valence-corrected chi connectivity index (χ2v) is 7.11. The molecular weight excluding hydrogens is 336 g/mol. The Balaban J connectivity index is 1.45. The predicted octanol–water partition coefficient (Wildman–Crippen LogP) is 2.06. The van der Waals surface area contributed by atoms with Crippen molar-refractivity contribution in [1.82, 2.24) is 19.8 Å². The van der Waals surface area contributed by atoms with Crippen LogP contribution in [0.1, 0.15) is 16.8 Å². The molecule has 0 radical (unpaired) electrons. The molecule has 1 fully saturated rings. The van der Waals surface area contributed by atoms with Gasteiger partial charge in [-0.3, -0.25) is 4.90 Å². The van der Waals surface area contributed by atoms with Gasteiger partial charge in [0.1, 0.15) is 0 Å². The van der Waals surface area contributed by atoms with Gasteiger partial charge in [0.25, 0.3) is 0 Å². The fourth-order valence-electron chi connectivity index (χ4n) is 3.57. The number of piperazine rings is 1. The number of anilines is 1. The van der Waals surface area contributed by atoms with Crippen molar-refractivity contribution in [2.45, 2.75) is 19.5 Å². The van der Waals surface area contributed by atoms with E-state index in [9.17, 15) is 8.78 Å². The van der Waals surface area contributed by atoms with Crippen molar-refractivity contribution >= 4 is 5.95 Å². The summed E-state index contributed by atoms with van der Waals surface area (Å²) in [6.07, 6.45) is 2.69. The topological polar surface area (TPSA) is 35.5 Å². The van der Waals surface area contributed by atoms with Crippen LogP contribution >= 0.6 is 0 Å². The summed E-state index contributed by atoms with van der Waals surface area (Å²) in [6.45, 7) is 5.76. The first-order valence-corrected chi connectivity index (χ1v) is 9.03. The molecule has 0 aliphatic carbocycles. The Morgan fingerprint density at radius 2 is 1.88 bits per heavy atom. The zero-order valence-electron chi connectivity index (χ0n) is 15.0. The maximum absolute atomic E-state index is 13.9. The monoisotopic (exact) mass is 359 g/mol. The Labute approximate surface area is 152 Å². The van der Waals surface area contributed by atoms with E-state index in [1.165, 1.54) is 0 Å². The highest BCUT2D eigenvalue weighted by Gasteiger charge is 2.22. The third-order valence-corrected chi connectivity index (χ3v) is 5.21. The standard InChI is InChI=1S/C19H23F2N5/c1-24-7-9-26(10-8-24)19-22-11-15-13-25(6-5-17(15)23-19)12-14-3-2-4-16(20)18(14)21/h2-4,11H,5-10,12-13H2,1H3. The van der Waals surface area contributed by atoms with Crippen LogP contribution in [-0.4, -0.2) is 59.5 Å². The van der Waals surface area contributed by atoms with E-state index in [0.29, 0.717) is 18.7 Å². The Morgan fingerprint density at radius 3 is 2.69 bits per heavy atom. The number of halogens is 2. The van der Waals surface area contributed by atoms with Crippen LogP contribution in [0.25, 0.3) is 0 Å². The number of aromatic nitrogens is 2. The molecule has 0 N–H and O–H groups in total. The van der Waals surface area contributed by atoms with Crippen LogP contribution in [0, 0.1) is 11.6 Å². The van der Waals surface area contributed by atoms with Gasteiger partial charge in [0.2, 0.25) is 5.95 Å². The first-order chi connectivity index (χ1) is 12.6. The van der Waals surface area contributed by atoms with Gasteiger partial charge in [-0.05, 0) is 13.1 Å². The van der Waals surface area contributed by atoms with Crippen molar-refractivity contribution in [3.05, 3.63) is 52.9 Å². The number of hydrogen-bond acceptors (Lipinski definition) is 5. The van der Waals surface area contributed by atoms with Crippen molar-refractivity contribution in [3.63, 3.8) is 0 Å². The summed E-state index contributed by atoms with van der Waals surface area (Å²) in [5.41, 5.74) is 2.54. The summed E-state index contributed by atoms with van der Waals surface area (Å²) in [5.74, 6) is -0.735. The lowest BCUT2D eigenvalue weighted by Gasteiger charge is -2.33. The molecule has 7 heteroatoms. The molecule has 26 heavy (non-hydrogen) atoms. The minimum absolute atomic E-state index is 0.392. The Morgan fingerprint density at radius 1 is 1.08 bits per heavy atom. The largest absolute Gasteiger partial charge is 0.338 e. The van der Waals surface area contributed by atoms with Crippen molar-refractivity contribution in [1.29, 1.82) is 0 Å². The van der Waals surface area contributed by atoms with Gasteiger partial charge in [-0.15, -0.1) is 0 Å². The van der Waals surface area contributed by atoms with Gasteiger partial charge in [-0.1, -0.05) is 12.1 Å². The molecule has 0 unspecified atom stereocenters. The average molecular weight is 359 g/mol. The first kappa shape index (κ1) is 17.3. The van der Waals surface area contributed by atoms with Crippen LogP contribution in [0.4, 0.5) is 14.7 Å². The summed E-state index contributed by atoms with van der Waals surface area (Å²) >= 11 is 0. The molecule has 2 aliphatic rings. The van der Waals surface area contributed by atoms with Crippen LogP contribution in [0.3, 0.4) is 0 Å². The van der Waals surface area contributed by atoms with Crippen molar-refractivity contribution in [2.75, 3.05) is 44.7 Å². The highest BCUT2D eigenvalue weighted by molar-refractivity contribution is 5.35. The van der Waals surface area contributed by atoms with Crippen molar-refractivity contribution in [2.24, 2.45) is 0 Å². The Bertz CT molecular complexity index is 789. The number of likely N-dealkylation sites (N-methyl/N-ethyl adjacent to an activating group) is 1. The Kier molecular flexibility index (Phi) is 4.82. The lowest BCUT2D eigenvalue weighted by atomic mass is 10.1. The fraction of sp³-hybridized carbons (Fsp3) is 0.474. The summed E-state index contributed by atoms with van der Waals surface area (Å²) in [7, 11) is 2.13. The molecule has 2 aromatic rings. The van der Waals surface area contributed by atoms with Crippen LogP contribution in [0.2, 0.25) is 0 Å². The third-order valence-electron chi connectivity index (χ3n) is 5.21. The summed E-state index contributed by atoms with van der Waals surface area (Å²) < 4.78 is 27.3. The lowest BCUT2D eigenvalue weighted by molar-refractivity contribution is 0.238. The second-order valence-electron chi connectivity index (χ2n) is 7.11. The van der Waals surface area contributed by atoms with Gasteiger partial charge in [0, 0.05) is 69.6 Å². The number of rotatable bonds is 3. The molecule has 4 rings (SSSR count). The molecule has 1 saturated heterocycles. The van der Waals surface area contributed by atoms with Crippen LogP contribution in [0.5, 0.6) is 0 Å². The van der Waals surface area contributed by atoms with Crippen LogP contribution in [-0.2, 0) is 19.5 Å². The molecule has 138 valence electrons. The molecule has 1 aromatic heterocycles. The van der Waals surface area contributed by atoms with E-state index in [4.69, 9.17) is 4.98 Å². The molecule has 0 atom stereocenters. The molecule has 1 aromatic carbocycles. The highest BCUT2D eigenvalue weighted by Crippen LogP contribution is 2.22. The maximum atomic E-state index is 13.9. The number of fused-ring (bicyclic) bond motifs is 1. The number of nitrogens with zero attached hydrogens (tertiary/aromatic N) is 5. The van der Waals surface area contributed by atoms with E-state index in [2.05, 4.69) is 26.7 Å². The van der Waals surface area contributed by atoms with Gasteiger partial charge < -0.3 is 9.80 Å². The van der Waals surface area contributed by atoms with E-state index in [-0.39, 0.29) is 0 Å². The average Bonchev–Trinajstić information content (AvgIpc) is 2.66. The van der Waals surface area contributed by atoms with E-state index >= 15 is 0 Å². The minimum Gasteiger partial charge on any atom is -0.338 e. The zero-order chi connectivity index (χ0) is 18.1. The summed E-state index contributed by atoms with van der Waals surface area (Å²) in [6, 6.07) is 4.34. The fourth-order valence-corrected chi connectivity index (χ4v) is 3.57. The lowest BCUT2D eigenvalue weighted by Crippen LogP contribution is -2.45. The highest BCUT2D eigenvalue weighted by atomic mass is 19.2. The quantitative estimate of drug-likeness (QED) is 0.838. The maximum Gasteiger partial charge on any atom is 0.225 e. The van der Waals surface area contributed by atoms with E-state index in [0.717, 1.165) is 62.4 Å². The van der Waals surface area contributed by atoms with E-state index in [1.54, 1.807) is 12.1 Å². The van der Waals surface area contributed by atoms with E-state index in [1.807, 2.05) is 6.20 Å². The van der Waals surface area contributed by atoms with Crippen LogP contribution < -0.4 is 4.90 Å². The summed E-state index contributed by atoms with van der Waals surface area (Å²) in [5, 5.41) is 0. The molecule has 3 heterocycles. The van der Waals surface area contributed by atoms with Crippen LogP contribution in [0.15, 0.2) is 24.4 Å². The third kappa shape index (κ3) is 3.54. The zero-order valence-corrected chi connectivity index (χ0v) is 15.0.